The Kier molecular flexibility index (Phi) is 4.37. The molecule has 1 atom stereocenters. The van der Waals surface area contributed by atoms with Crippen molar-refractivity contribution in [1.82, 2.24) is 5.32 Å². The molecule has 0 spiro atoms. The number of benzene rings is 2. The lowest BCUT2D eigenvalue weighted by atomic mass is 9.98. The highest BCUT2D eigenvalue weighted by Crippen LogP contribution is 2.26. The Hall–Kier alpha value is -1.80. The highest BCUT2D eigenvalue weighted by atomic mass is 16.5. The molecule has 0 aliphatic heterocycles. The van der Waals surface area contributed by atoms with Crippen LogP contribution in [0.25, 0.3) is 0 Å². The largest absolute Gasteiger partial charge is 0.496 e. The van der Waals surface area contributed by atoms with Crippen molar-refractivity contribution in [2.75, 3.05) is 14.2 Å². The van der Waals surface area contributed by atoms with Crippen LogP contribution in [0.2, 0.25) is 0 Å². The lowest BCUT2D eigenvalue weighted by molar-refractivity contribution is 0.401. The third-order valence-electron chi connectivity index (χ3n) is 3.15. The van der Waals surface area contributed by atoms with Gasteiger partial charge in [-0.25, -0.2) is 0 Å². The average Bonchev–Trinajstić information content (AvgIpc) is 2.46. The third kappa shape index (κ3) is 2.90. The second-order valence-electron chi connectivity index (χ2n) is 4.27. The molecule has 0 heterocycles. The predicted octanol–water partition coefficient (Wildman–Crippen LogP) is 3.20. The standard InChI is InChI=1S/C16H19NO/c1-17-15(12-13-8-4-3-5-9-13)14-10-6-7-11-16(14)18-2/h3-11,15,17H,12H2,1-2H3. The molecule has 2 rings (SSSR count). The van der Waals surface area contributed by atoms with E-state index >= 15 is 0 Å². The summed E-state index contributed by atoms with van der Waals surface area (Å²) in [6, 6.07) is 18.9. The molecular formula is C16H19NO. The van der Waals surface area contributed by atoms with Gasteiger partial charge in [-0.3, -0.25) is 0 Å². The van der Waals surface area contributed by atoms with Crippen LogP contribution in [0.1, 0.15) is 17.2 Å². The summed E-state index contributed by atoms with van der Waals surface area (Å²) in [6.07, 6.45) is 0.956. The van der Waals surface area contributed by atoms with E-state index in [0.717, 1.165) is 12.2 Å². The Labute approximate surface area is 109 Å². The molecule has 0 saturated heterocycles. The molecule has 0 bridgehead atoms. The van der Waals surface area contributed by atoms with E-state index in [1.807, 2.05) is 31.3 Å². The lowest BCUT2D eigenvalue weighted by Gasteiger charge is -2.19. The van der Waals surface area contributed by atoms with Gasteiger partial charge in [-0.15, -0.1) is 0 Å². The Morgan fingerprint density at radius 1 is 1.00 bits per heavy atom. The van der Waals surface area contributed by atoms with Crippen LogP contribution >= 0.6 is 0 Å². The van der Waals surface area contributed by atoms with E-state index in [1.54, 1.807) is 7.11 Å². The Morgan fingerprint density at radius 2 is 1.67 bits per heavy atom. The number of para-hydroxylation sites is 1. The molecule has 0 aromatic heterocycles. The summed E-state index contributed by atoms with van der Waals surface area (Å²) in [4.78, 5) is 0. The predicted molar refractivity (Wildman–Crippen MR) is 74.9 cm³/mol. The van der Waals surface area contributed by atoms with Crippen LogP contribution in [0.3, 0.4) is 0 Å². The zero-order valence-corrected chi connectivity index (χ0v) is 10.9. The van der Waals surface area contributed by atoms with Crippen molar-refractivity contribution in [3.8, 4) is 5.75 Å². The molecule has 94 valence electrons. The maximum absolute atomic E-state index is 5.43. The van der Waals surface area contributed by atoms with E-state index in [9.17, 15) is 0 Å². The summed E-state index contributed by atoms with van der Waals surface area (Å²) in [5.74, 6) is 0.938. The number of nitrogens with one attached hydrogen (secondary N) is 1. The quantitative estimate of drug-likeness (QED) is 0.868. The number of hydrogen-bond acceptors (Lipinski definition) is 2. The van der Waals surface area contributed by atoms with E-state index in [1.165, 1.54) is 11.1 Å². The SMILES string of the molecule is CNC(Cc1ccccc1)c1ccccc1OC. The minimum atomic E-state index is 0.267. The van der Waals surface area contributed by atoms with Crippen LogP contribution in [0.5, 0.6) is 5.75 Å². The van der Waals surface area contributed by atoms with Gasteiger partial charge in [-0.1, -0.05) is 48.5 Å². The topological polar surface area (TPSA) is 21.3 Å². The summed E-state index contributed by atoms with van der Waals surface area (Å²) in [5, 5.41) is 3.36. The molecule has 0 radical (unpaired) electrons. The van der Waals surface area contributed by atoms with Gasteiger partial charge in [-0.2, -0.15) is 0 Å². The second-order valence-corrected chi connectivity index (χ2v) is 4.27. The highest BCUT2D eigenvalue weighted by Gasteiger charge is 2.14. The number of hydrogen-bond donors (Lipinski definition) is 1. The number of methoxy groups -OCH3 is 1. The Morgan fingerprint density at radius 3 is 2.33 bits per heavy atom. The molecular weight excluding hydrogens is 222 g/mol. The van der Waals surface area contributed by atoms with Crippen molar-refractivity contribution in [2.24, 2.45) is 0 Å². The van der Waals surface area contributed by atoms with Gasteiger partial charge in [0, 0.05) is 11.6 Å². The van der Waals surface area contributed by atoms with Gasteiger partial charge in [0.25, 0.3) is 0 Å². The van der Waals surface area contributed by atoms with Gasteiger partial charge >= 0.3 is 0 Å². The third-order valence-corrected chi connectivity index (χ3v) is 3.15. The summed E-state index contributed by atoms with van der Waals surface area (Å²) in [5.41, 5.74) is 2.52. The first kappa shape index (κ1) is 12.7. The molecule has 0 fully saturated rings. The Balaban J connectivity index is 2.23. The van der Waals surface area contributed by atoms with Crippen LogP contribution in [-0.2, 0) is 6.42 Å². The van der Waals surface area contributed by atoms with Gasteiger partial charge in [-0.05, 0) is 25.1 Å². The number of ether oxygens (including phenoxy) is 1. The minimum Gasteiger partial charge on any atom is -0.496 e. The summed E-state index contributed by atoms with van der Waals surface area (Å²) < 4.78 is 5.43. The van der Waals surface area contributed by atoms with E-state index in [0.29, 0.717) is 0 Å². The van der Waals surface area contributed by atoms with Gasteiger partial charge < -0.3 is 10.1 Å². The molecule has 2 aromatic carbocycles. The lowest BCUT2D eigenvalue weighted by Crippen LogP contribution is -2.19. The van der Waals surface area contributed by atoms with Crippen LogP contribution in [0.4, 0.5) is 0 Å². The van der Waals surface area contributed by atoms with E-state index in [-0.39, 0.29) is 6.04 Å². The molecule has 2 nitrogen and oxygen atoms in total. The zero-order chi connectivity index (χ0) is 12.8. The van der Waals surface area contributed by atoms with E-state index in [2.05, 4.69) is 35.6 Å². The first-order chi connectivity index (χ1) is 8.85. The Bertz CT molecular complexity index is 481. The number of rotatable bonds is 5. The van der Waals surface area contributed by atoms with Gasteiger partial charge in [0.2, 0.25) is 0 Å². The fraction of sp³-hybridized carbons (Fsp3) is 0.250. The highest BCUT2D eigenvalue weighted by molar-refractivity contribution is 5.37. The maximum atomic E-state index is 5.43. The van der Waals surface area contributed by atoms with Crippen LogP contribution in [0, 0.1) is 0 Å². The molecule has 0 saturated carbocycles. The molecule has 2 heteroatoms. The first-order valence-corrected chi connectivity index (χ1v) is 6.19. The van der Waals surface area contributed by atoms with Crippen molar-refractivity contribution in [3.05, 3.63) is 65.7 Å². The van der Waals surface area contributed by atoms with E-state index in [4.69, 9.17) is 4.74 Å². The summed E-state index contributed by atoms with van der Waals surface area (Å²) in [6.45, 7) is 0. The van der Waals surface area contributed by atoms with Crippen molar-refractivity contribution in [1.29, 1.82) is 0 Å². The van der Waals surface area contributed by atoms with E-state index < -0.39 is 0 Å². The first-order valence-electron chi connectivity index (χ1n) is 6.19. The average molecular weight is 241 g/mol. The van der Waals surface area contributed by atoms with Crippen LogP contribution in [-0.4, -0.2) is 14.2 Å². The zero-order valence-electron chi connectivity index (χ0n) is 10.9. The monoisotopic (exact) mass is 241 g/mol. The van der Waals surface area contributed by atoms with Crippen molar-refractivity contribution in [2.45, 2.75) is 12.5 Å². The summed E-state index contributed by atoms with van der Waals surface area (Å²) in [7, 11) is 3.70. The molecule has 1 unspecified atom stereocenters. The molecule has 1 N–H and O–H groups in total. The fourth-order valence-corrected chi connectivity index (χ4v) is 2.17. The molecule has 2 aromatic rings. The molecule has 0 aliphatic rings. The smallest absolute Gasteiger partial charge is 0.123 e. The normalized spacial score (nSPS) is 12.1. The molecule has 0 aliphatic carbocycles. The van der Waals surface area contributed by atoms with Crippen LogP contribution < -0.4 is 10.1 Å². The second kappa shape index (κ2) is 6.22. The molecule has 18 heavy (non-hydrogen) atoms. The maximum Gasteiger partial charge on any atom is 0.123 e. The van der Waals surface area contributed by atoms with Crippen LogP contribution in [0.15, 0.2) is 54.6 Å². The number of likely N-dealkylation sites (N-methyl/N-ethyl adjacent to an activating group) is 1. The van der Waals surface area contributed by atoms with Gasteiger partial charge in [0.1, 0.15) is 5.75 Å². The van der Waals surface area contributed by atoms with Crippen molar-refractivity contribution < 1.29 is 4.74 Å². The minimum absolute atomic E-state index is 0.267. The van der Waals surface area contributed by atoms with Gasteiger partial charge in [0.05, 0.1) is 7.11 Å². The van der Waals surface area contributed by atoms with Gasteiger partial charge in [0.15, 0.2) is 0 Å². The fourth-order valence-electron chi connectivity index (χ4n) is 2.17. The molecule has 0 amide bonds. The van der Waals surface area contributed by atoms with Crippen molar-refractivity contribution >= 4 is 0 Å². The van der Waals surface area contributed by atoms with Crippen molar-refractivity contribution in [3.63, 3.8) is 0 Å². The summed E-state index contributed by atoms with van der Waals surface area (Å²) >= 11 is 0.